The summed E-state index contributed by atoms with van der Waals surface area (Å²) in [6.45, 7) is 4.96. The number of halogens is 1. The Balaban J connectivity index is 2.17. The van der Waals surface area contributed by atoms with E-state index in [4.69, 9.17) is 11.6 Å². The fourth-order valence-electron chi connectivity index (χ4n) is 2.04. The number of ether oxygens (including phenoxy) is 1. The first-order valence-corrected chi connectivity index (χ1v) is 8.16. The van der Waals surface area contributed by atoms with Gasteiger partial charge in [0.15, 0.2) is 0 Å². The molecule has 2 aromatic rings. The van der Waals surface area contributed by atoms with Gasteiger partial charge in [-0.2, -0.15) is 0 Å². The summed E-state index contributed by atoms with van der Waals surface area (Å²) in [4.78, 5) is 28.1. The minimum absolute atomic E-state index is 0.299. The van der Waals surface area contributed by atoms with Crippen molar-refractivity contribution in [2.24, 2.45) is 5.92 Å². The minimum atomic E-state index is -0.506. The van der Waals surface area contributed by atoms with E-state index in [-0.39, 0.29) is 5.91 Å². The zero-order valence-corrected chi connectivity index (χ0v) is 15.1. The molecule has 1 aromatic heterocycles. The largest absolute Gasteiger partial charge is 0.465 e. The van der Waals surface area contributed by atoms with Gasteiger partial charge in [0.25, 0.3) is 5.91 Å². The zero-order chi connectivity index (χ0) is 18.4. The van der Waals surface area contributed by atoms with Gasteiger partial charge >= 0.3 is 5.97 Å². The van der Waals surface area contributed by atoms with Crippen molar-refractivity contribution in [1.82, 2.24) is 4.98 Å². The first-order valence-electron chi connectivity index (χ1n) is 7.79. The molecule has 25 heavy (non-hydrogen) atoms. The third-order valence-corrected chi connectivity index (χ3v) is 3.68. The molecule has 0 bridgehead atoms. The lowest BCUT2D eigenvalue weighted by Crippen LogP contribution is -2.14. The molecule has 0 aliphatic carbocycles. The standard InChI is InChI=1S/C18H20ClN3O3/c1-11(2)8-21-14-6-13(9-20-10-14)17(23)22-16-7-12(18(24)25-3)4-5-15(16)19/h4-7,9-11,21H,8H2,1-3H3,(H,22,23). The lowest BCUT2D eigenvalue weighted by molar-refractivity contribution is 0.0600. The van der Waals surface area contributed by atoms with E-state index in [1.54, 1.807) is 12.3 Å². The molecule has 0 fully saturated rings. The molecule has 0 saturated heterocycles. The third kappa shape index (κ3) is 5.19. The fourth-order valence-corrected chi connectivity index (χ4v) is 2.21. The predicted octanol–water partition coefficient (Wildman–Crippen LogP) is 3.84. The number of hydrogen-bond donors (Lipinski definition) is 2. The summed E-state index contributed by atoms with van der Waals surface area (Å²) in [6, 6.07) is 6.24. The molecule has 7 heteroatoms. The average Bonchev–Trinajstić information content (AvgIpc) is 2.61. The van der Waals surface area contributed by atoms with Gasteiger partial charge in [0.1, 0.15) is 0 Å². The van der Waals surface area contributed by atoms with Crippen LogP contribution >= 0.6 is 11.6 Å². The van der Waals surface area contributed by atoms with Crippen LogP contribution in [0.5, 0.6) is 0 Å². The Morgan fingerprint density at radius 3 is 2.64 bits per heavy atom. The van der Waals surface area contributed by atoms with Crippen molar-refractivity contribution < 1.29 is 14.3 Å². The summed E-state index contributed by atoms with van der Waals surface area (Å²) < 4.78 is 4.67. The summed E-state index contributed by atoms with van der Waals surface area (Å²) in [6.07, 6.45) is 3.12. The maximum absolute atomic E-state index is 12.5. The minimum Gasteiger partial charge on any atom is -0.465 e. The van der Waals surface area contributed by atoms with Gasteiger partial charge in [-0.1, -0.05) is 25.4 Å². The molecule has 1 aromatic carbocycles. The highest BCUT2D eigenvalue weighted by Crippen LogP contribution is 2.24. The van der Waals surface area contributed by atoms with Crippen molar-refractivity contribution >= 4 is 34.9 Å². The third-order valence-electron chi connectivity index (χ3n) is 3.35. The molecule has 0 radical (unpaired) electrons. The van der Waals surface area contributed by atoms with Gasteiger partial charge in [-0.25, -0.2) is 4.79 Å². The number of carbonyl (C=O) groups excluding carboxylic acids is 2. The number of hydrogen-bond acceptors (Lipinski definition) is 5. The van der Waals surface area contributed by atoms with Crippen LogP contribution in [0.1, 0.15) is 34.6 Å². The Hall–Kier alpha value is -2.60. The Bertz CT molecular complexity index is 778. The number of amides is 1. The normalized spacial score (nSPS) is 10.4. The molecule has 0 saturated carbocycles. The first-order chi connectivity index (χ1) is 11.9. The molecule has 1 amide bonds. The van der Waals surface area contributed by atoms with Crippen LogP contribution in [0.3, 0.4) is 0 Å². The second-order valence-electron chi connectivity index (χ2n) is 5.88. The van der Waals surface area contributed by atoms with E-state index in [2.05, 4.69) is 34.2 Å². The van der Waals surface area contributed by atoms with Crippen LogP contribution in [0.4, 0.5) is 11.4 Å². The number of esters is 1. The number of anilines is 2. The smallest absolute Gasteiger partial charge is 0.337 e. The molecule has 0 aliphatic rings. The lowest BCUT2D eigenvalue weighted by Gasteiger charge is -2.11. The summed E-state index contributed by atoms with van der Waals surface area (Å²) in [5.74, 6) is -0.407. The second kappa shape index (κ2) is 8.48. The molecule has 0 spiro atoms. The Morgan fingerprint density at radius 2 is 1.96 bits per heavy atom. The summed E-state index contributed by atoms with van der Waals surface area (Å²) in [5, 5.41) is 6.23. The summed E-state index contributed by atoms with van der Waals surface area (Å²) >= 11 is 6.10. The summed E-state index contributed by atoms with van der Waals surface area (Å²) in [5.41, 5.74) is 1.77. The summed E-state index contributed by atoms with van der Waals surface area (Å²) in [7, 11) is 1.29. The number of benzene rings is 1. The molecule has 2 rings (SSSR count). The Morgan fingerprint density at radius 1 is 1.20 bits per heavy atom. The average molecular weight is 362 g/mol. The van der Waals surface area contributed by atoms with Gasteiger partial charge in [0.2, 0.25) is 0 Å². The van der Waals surface area contributed by atoms with Crippen LogP contribution in [0, 0.1) is 5.92 Å². The number of pyridine rings is 1. The van der Waals surface area contributed by atoms with Crippen LogP contribution in [-0.4, -0.2) is 30.5 Å². The van der Waals surface area contributed by atoms with E-state index in [1.807, 2.05) is 0 Å². The Labute approximate surface area is 151 Å². The van der Waals surface area contributed by atoms with E-state index < -0.39 is 5.97 Å². The Kier molecular flexibility index (Phi) is 6.36. The van der Waals surface area contributed by atoms with Crippen LogP contribution in [0.15, 0.2) is 36.7 Å². The van der Waals surface area contributed by atoms with Crippen LogP contribution in [-0.2, 0) is 4.74 Å². The van der Waals surface area contributed by atoms with E-state index in [0.717, 1.165) is 12.2 Å². The van der Waals surface area contributed by atoms with E-state index >= 15 is 0 Å². The second-order valence-corrected chi connectivity index (χ2v) is 6.28. The van der Waals surface area contributed by atoms with Crippen molar-refractivity contribution in [1.29, 1.82) is 0 Å². The zero-order valence-electron chi connectivity index (χ0n) is 14.3. The first kappa shape index (κ1) is 18.7. The molecular weight excluding hydrogens is 342 g/mol. The van der Waals surface area contributed by atoms with Crippen LogP contribution in [0.25, 0.3) is 0 Å². The quantitative estimate of drug-likeness (QED) is 0.764. The van der Waals surface area contributed by atoms with Gasteiger partial charge in [-0.05, 0) is 30.2 Å². The molecule has 1 heterocycles. The van der Waals surface area contributed by atoms with E-state index in [1.165, 1.54) is 31.5 Å². The van der Waals surface area contributed by atoms with Crippen molar-refractivity contribution in [3.63, 3.8) is 0 Å². The van der Waals surface area contributed by atoms with Gasteiger partial charge in [0, 0.05) is 18.9 Å². The van der Waals surface area contributed by atoms with E-state index in [0.29, 0.717) is 27.8 Å². The van der Waals surface area contributed by atoms with Gasteiger partial charge in [-0.15, -0.1) is 0 Å². The number of rotatable bonds is 6. The molecule has 0 atom stereocenters. The van der Waals surface area contributed by atoms with Crippen LogP contribution in [0.2, 0.25) is 5.02 Å². The SMILES string of the molecule is COC(=O)c1ccc(Cl)c(NC(=O)c2cncc(NCC(C)C)c2)c1. The highest BCUT2D eigenvalue weighted by molar-refractivity contribution is 6.34. The maximum Gasteiger partial charge on any atom is 0.337 e. The molecule has 2 N–H and O–H groups in total. The van der Waals surface area contributed by atoms with Crippen molar-refractivity contribution in [3.8, 4) is 0 Å². The number of methoxy groups -OCH3 is 1. The molecule has 6 nitrogen and oxygen atoms in total. The number of nitrogens with zero attached hydrogens (tertiary/aromatic N) is 1. The highest BCUT2D eigenvalue weighted by atomic mass is 35.5. The monoisotopic (exact) mass is 361 g/mol. The molecule has 0 aliphatic heterocycles. The molecule has 0 unspecified atom stereocenters. The topological polar surface area (TPSA) is 80.3 Å². The van der Waals surface area contributed by atoms with Crippen LogP contribution < -0.4 is 10.6 Å². The van der Waals surface area contributed by atoms with Gasteiger partial charge in [-0.3, -0.25) is 9.78 Å². The van der Waals surface area contributed by atoms with Crippen molar-refractivity contribution in [2.75, 3.05) is 24.3 Å². The lowest BCUT2D eigenvalue weighted by atomic mass is 10.2. The highest BCUT2D eigenvalue weighted by Gasteiger charge is 2.13. The van der Waals surface area contributed by atoms with Crippen molar-refractivity contribution in [3.05, 3.63) is 52.8 Å². The van der Waals surface area contributed by atoms with E-state index in [9.17, 15) is 9.59 Å². The van der Waals surface area contributed by atoms with Gasteiger partial charge < -0.3 is 15.4 Å². The number of nitrogens with one attached hydrogen (secondary N) is 2. The molecule has 132 valence electrons. The maximum atomic E-state index is 12.5. The number of carbonyl (C=O) groups is 2. The van der Waals surface area contributed by atoms with Crippen molar-refractivity contribution in [2.45, 2.75) is 13.8 Å². The van der Waals surface area contributed by atoms with Gasteiger partial charge in [0.05, 0.1) is 34.6 Å². The predicted molar refractivity (Wildman–Crippen MR) is 98.3 cm³/mol. The fraction of sp³-hybridized carbons (Fsp3) is 0.278. The number of aromatic nitrogens is 1. The molecular formula is C18H20ClN3O3.